The lowest BCUT2D eigenvalue weighted by atomic mass is 9.95. The second-order valence-corrected chi connectivity index (χ2v) is 11.9. The number of furan rings is 1. The molecule has 2 aromatic heterocycles. The predicted octanol–water partition coefficient (Wildman–Crippen LogP) is 5.78. The Morgan fingerprint density at radius 2 is 2.00 bits per heavy atom. The van der Waals surface area contributed by atoms with E-state index in [1.807, 2.05) is 0 Å². The van der Waals surface area contributed by atoms with E-state index in [1.54, 1.807) is 57.2 Å². The molecule has 4 aromatic rings. The quantitative estimate of drug-likeness (QED) is 0.138. The number of aromatic nitrogens is 1. The average molecular weight is 673 g/mol. The SMILES string of the molecule is COc1ccc(Br)cc1[C@@H]1C(C(=O)OC(C)C)=C(C)N=c2s/c(=C\c3ccc(-c4cc([N+](=O)[O-])ccc4Cl)o3)c(=O)n21. The lowest BCUT2D eigenvalue weighted by molar-refractivity contribution is -0.384. The van der Waals surface area contributed by atoms with E-state index in [1.165, 1.54) is 29.9 Å². The van der Waals surface area contributed by atoms with Crippen LogP contribution in [-0.2, 0) is 9.53 Å². The number of halogens is 2. The van der Waals surface area contributed by atoms with E-state index in [-0.39, 0.29) is 22.4 Å². The number of thiazole rings is 1. The van der Waals surface area contributed by atoms with Crippen molar-refractivity contribution in [3.8, 4) is 17.1 Å². The number of hydrogen-bond acceptors (Lipinski definition) is 9. The lowest BCUT2D eigenvalue weighted by Crippen LogP contribution is -2.40. The third-order valence-electron chi connectivity index (χ3n) is 6.40. The highest BCUT2D eigenvalue weighted by molar-refractivity contribution is 9.10. The Bertz CT molecular complexity index is 1960. The molecule has 5 rings (SSSR count). The molecule has 0 amide bonds. The molecule has 0 unspecified atom stereocenters. The van der Waals surface area contributed by atoms with Gasteiger partial charge in [0.25, 0.3) is 11.2 Å². The van der Waals surface area contributed by atoms with E-state index >= 15 is 0 Å². The minimum atomic E-state index is -0.877. The maximum Gasteiger partial charge on any atom is 0.338 e. The molecule has 216 valence electrons. The number of nitro groups is 1. The van der Waals surface area contributed by atoms with Crippen LogP contribution in [0.1, 0.15) is 38.1 Å². The molecule has 0 bridgehead atoms. The van der Waals surface area contributed by atoms with E-state index in [0.29, 0.717) is 43.4 Å². The largest absolute Gasteiger partial charge is 0.496 e. The molecule has 42 heavy (non-hydrogen) atoms. The molecule has 1 aliphatic heterocycles. The number of ether oxygens (including phenoxy) is 2. The van der Waals surface area contributed by atoms with Crippen molar-refractivity contribution in [1.29, 1.82) is 0 Å². The van der Waals surface area contributed by atoms with E-state index in [2.05, 4.69) is 20.9 Å². The number of carbonyl (C=O) groups excluding carboxylic acids is 1. The summed E-state index contributed by atoms with van der Waals surface area (Å²) in [5.74, 6) is 0.516. The van der Waals surface area contributed by atoms with Crippen LogP contribution in [0.5, 0.6) is 5.75 Å². The molecule has 10 nitrogen and oxygen atoms in total. The number of nitro benzene ring substituents is 1. The Morgan fingerprint density at radius 1 is 1.24 bits per heavy atom. The Kier molecular flexibility index (Phi) is 8.22. The molecule has 0 spiro atoms. The standard InChI is InChI=1S/C29H23BrClN3O7S/c1-14(2)40-28(36)25-15(3)32-29-33(26(25)20-11-16(30)5-9-22(20)39-4)27(35)24(42-29)13-18-7-10-23(41-18)19-12-17(34(37)38)6-8-21(19)31/h5-14,26H,1-4H3/b24-13-/t26-/m1/s1. The van der Waals surface area contributed by atoms with Crippen molar-refractivity contribution >= 4 is 56.6 Å². The van der Waals surface area contributed by atoms with Crippen LogP contribution in [0, 0.1) is 10.1 Å². The van der Waals surface area contributed by atoms with Gasteiger partial charge in [-0.15, -0.1) is 0 Å². The van der Waals surface area contributed by atoms with Gasteiger partial charge in [-0.25, -0.2) is 9.79 Å². The lowest BCUT2D eigenvalue weighted by Gasteiger charge is -2.26. The predicted molar refractivity (Wildman–Crippen MR) is 161 cm³/mol. The Labute approximate surface area is 256 Å². The molecular weight excluding hydrogens is 650 g/mol. The van der Waals surface area contributed by atoms with Gasteiger partial charge in [0.15, 0.2) is 4.80 Å². The molecule has 0 fully saturated rings. The van der Waals surface area contributed by atoms with Gasteiger partial charge in [0, 0.05) is 33.8 Å². The summed E-state index contributed by atoms with van der Waals surface area (Å²) in [5.41, 5.74) is 1.02. The summed E-state index contributed by atoms with van der Waals surface area (Å²) in [5, 5.41) is 11.5. The van der Waals surface area contributed by atoms with Crippen molar-refractivity contribution in [3.63, 3.8) is 0 Å². The van der Waals surface area contributed by atoms with Crippen LogP contribution in [-0.4, -0.2) is 28.7 Å². The van der Waals surface area contributed by atoms with Crippen LogP contribution in [0.4, 0.5) is 5.69 Å². The number of allylic oxidation sites excluding steroid dienone is 1. The van der Waals surface area contributed by atoms with Crippen molar-refractivity contribution in [1.82, 2.24) is 4.57 Å². The maximum atomic E-state index is 14.0. The van der Waals surface area contributed by atoms with Crippen LogP contribution in [0.2, 0.25) is 5.02 Å². The first-order valence-corrected chi connectivity index (χ1v) is 14.6. The molecule has 13 heteroatoms. The molecular formula is C29H23BrClN3O7S. The molecule has 0 aliphatic carbocycles. The van der Waals surface area contributed by atoms with Gasteiger partial charge in [-0.1, -0.05) is 38.9 Å². The number of esters is 1. The summed E-state index contributed by atoms with van der Waals surface area (Å²) in [7, 11) is 1.52. The zero-order chi connectivity index (χ0) is 30.3. The van der Waals surface area contributed by atoms with E-state index in [0.717, 1.165) is 15.8 Å². The van der Waals surface area contributed by atoms with Gasteiger partial charge >= 0.3 is 5.97 Å². The normalized spacial score (nSPS) is 15.0. The molecule has 0 saturated carbocycles. The third-order valence-corrected chi connectivity index (χ3v) is 8.20. The Balaban J connectivity index is 1.67. The van der Waals surface area contributed by atoms with Crippen LogP contribution >= 0.6 is 38.9 Å². The van der Waals surface area contributed by atoms with Gasteiger partial charge in [-0.05, 0) is 57.2 Å². The van der Waals surface area contributed by atoms with Gasteiger partial charge < -0.3 is 13.9 Å². The molecule has 0 saturated heterocycles. The Hall–Kier alpha value is -4.00. The topological polar surface area (TPSA) is 126 Å². The van der Waals surface area contributed by atoms with Crippen molar-refractivity contribution in [3.05, 3.63) is 110 Å². The summed E-state index contributed by atoms with van der Waals surface area (Å²) >= 11 is 10.9. The van der Waals surface area contributed by atoms with Gasteiger partial charge in [0.1, 0.15) is 23.3 Å². The van der Waals surface area contributed by atoms with Gasteiger partial charge in [-0.2, -0.15) is 0 Å². The number of carbonyl (C=O) groups is 1. The summed E-state index contributed by atoms with van der Waals surface area (Å²) in [6, 6.07) is 11.8. The number of methoxy groups -OCH3 is 1. The van der Waals surface area contributed by atoms with E-state index < -0.39 is 22.5 Å². The molecule has 1 aliphatic rings. The highest BCUT2D eigenvalue weighted by atomic mass is 79.9. The highest BCUT2D eigenvalue weighted by Gasteiger charge is 2.35. The molecule has 2 aromatic carbocycles. The smallest absolute Gasteiger partial charge is 0.338 e. The van der Waals surface area contributed by atoms with Crippen LogP contribution in [0.25, 0.3) is 17.4 Å². The minimum absolute atomic E-state index is 0.134. The second-order valence-electron chi connectivity index (χ2n) is 9.55. The maximum absolute atomic E-state index is 14.0. The minimum Gasteiger partial charge on any atom is -0.496 e. The Morgan fingerprint density at radius 3 is 2.69 bits per heavy atom. The molecule has 3 heterocycles. The van der Waals surface area contributed by atoms with E-state index in [9.17, 15) is 19.7 Å². The fourth-order valence-corrected chi connectivity index (χ4v) is 6.21. The monoisotopic (exact) mass is 671 g/mol. The first kappa shape index (κ1) is 29.5. The number of fused-ring (bicyclic) bond motifs is 1. The zero-order valence-corrected chi connectivity index (χ0v) is 25.9. The summed E-state index contributed by atoms with van der Waals surface area (Å²) in [4.78, 5) is 43.0. The highest BCUT2D eigenvalue weighted by Crippen LogP contribution is 2.38. The van der Waals surface area contributed by atoms with Crippen molar-refractivity contribution in [2.24, 2.45) is 4.99 Å². The summed E-state index contributed by atoms with van der Waals surface area (Å²) in [6.45, 7) is 5.19. The van der Waals surface area contributed by atoms with Crippen LogP contribution in [0.15, 0.2) is 78.5 Å². The average Bonchev–Trinajstić information content (AvgIpc) is 3.51. The number of non-ortho nitro benzene ring substituents is 1. The molecule has 0 N–H and O–H groups in total. The zero-order valence-electron chi connectivity index (χ0n) is 22.7. The third kappa shape index (κ3) is 5.57. The first-order chi connectivity index (χ1) is 20.0. The van der Waals surface area contributed by atoms with Gasteiger partial charge in [0.2, 0.25) is 0 Å². The van der Waals surface area contributed by atoms with Gasteiger partial charge in [-0.3, -0.25) is 19.5 Å². The number of rotatable bonds is 7. The first-order valence-electron chi connectivity index (χ1n) is 12.6. The van der Waals surface area contributed by atoms with Crippen LogP contribution in [0.3, 0.4) is 0 Å². The summed E-state index contributed by atoms with van der Waals surface area (Å²) < 4.78 is 19.6. The van der Waals surface area contributed by atoms with Crippen molar-refractivity contribution < 1.29 is 23.6 Å². The van der Waals surface area contributed by atoms with E-state index in [4.69, 9.17) is 25.5 Å². The second kappa shape index (κ2) is 11.7. The number of nitrogens with zero attached hydrogens (tertiary/aromatic N) is 3. The number of benzene rings is 2. The fourth-order valence-electron chi connectivity index (χ4n) is 4.59. The molecule has 1 atom stereocenters. The van der Waals surface area contributed by atoms with Crippen molar-refractivity contribution in [2.45, 2.75) is 32.9 Å². The van der Waals surface area contributed by atoms with Crippen LogP contribution < -0.4 is 19.6 Å². The van der Waals surface area contributed by atoms with Crippen molar-refractivity contribution in [2.75, 3.05) is 7.11 Å². The molecule has 0 radical (unpaired) electrons. The fraction of sp³-hybridized carbons (Fsp3) is 0.207. The summed E-state index contributed by atoms with van der Waals surface area (Å²) in [6.07, 6.45) is 1.17. The van der Waals surface area contributed by atoms with Gasteiger partial charge in [0.05, 0.1) is 39.0 Å². The number of hydrogen-bond donors (Lipinski definition) is 0.